The molecule has 0 saturated carbocycles. The molecule has 1 aliphatic rings. The lowest BCUT2D eigenvalue weighted by atomic mass is 10.2. The van der Waals surface area contributed by atoms with Crippen LogP contribution in [0, 0.1) is 5.82 Å². The molecule has 1 unspecified atom stereocenters. The molecule has 0 spiro atoms. The van der Waals surface area contributed by atoms with Gasteiger partial charge in [0.15, 0.2) is 15.8 Å². The third-order valence-corrected chi connectivity index (χ3v) is 7.03. The van der Waals surface area contributed by atoms with Gasteiger partial charge in [-0.2, -0.15) is 0 Å². The van der Waals surface area contributed by atoms with Gasteiger partial charge in [0.1, 0.15) is 10.7 Å². The van der Waals surface area contributed by atoms with E-state index in [4.69, 9.17) is 0 Å². The van der Waals surface area contributed by atoms with E-state index in [1.54, 1.807) is 7.05 Å². The monoisotopic (exact) mass is 432 g/mol. The molecule has 2 aromatic carbocycles. The third-order valence-electron chi connectivity index (χ3n) is 5.29. The maximum atomic E-state index is 13.8. The number of halogens is 1. The van der Waals surface area contributed by atoms with E-state index in [1.807, 2.05) is 6.07 Å². The normalized spacial score (nSPS) is 17.8. The number of rotatable bonds is 8. The fraction of sp³-hybridized carbons (Fsp3) is 0.409. The quantitative estimate of drug-likeness (QED) is 0.495. The zero-order valence-electron chi connectivity index (χ0n) is 17.2. The average Bonchev–Trinajstić information content (AvgIpc) is 3.18. The Hall–Kier alpha value is -2.45. The van der Waals surface area contributed by atoms with Crippen molar-refractivity contribution in [3.8, 4) is 0 Å². The first-order valence-corrected chi connectivity index (χ1v) is 11.8. The Kier molecular flexibility index (Phi) is 7.81. The molecular formula is C22H29FN4O2S. The minimum atomic E-state index is -3.70. The molecule has 162 valence electrons. The van der Waals surface area contributed by atoms with E-state index in [0.717, 1.165) is 38.5 Å². The minimum absolute atomic E-state index is 0.148. The van der Waals surface area contributed by atoms with Crippen LogP contribution in [0.5, 0.6) is 0 Å². The van der Waals surface area contributed by atoms with Crippen molar-refractivity contribution in [2.24, 2.45) is 4.99 Å². The summed E-state index contributed by atoms with van der Waals surface area (Å²) in [7, 11) is -2.05. The molecule has 0 aromatic heterocycles. The van der Waals surface area contributed by atoms with Crippen molar-refractivity contribution in [2.45, 2.75) is 30.3 Å². The Bertz CT molecular complexity index is 951. The third kappa shape index (κ3) is 6.03. The zero-order chi connectivity index (χ0) is 21.4. The number of guanidine groups is 1. The van der Waals surface area contributed by atoms with Crippen LogP contribution in [0.15, 0.2) is 64.5 Å². The van der Waals surface area contributed by atoms with Gasteiger partial charge < -0.3 is 10.6 Å². The Morgan fingerprint density at radius 2 is 1.87 bits per heavy atom. The average molecular weight is 433 g/mol. The Labute approximate surface area is 178 Å². The van der Waals surface area contributed by atoms with Crippen molar-refractivity contribution in [3.63, 3.8) is 0 Å². The molecule has 1 atom stereocenters. The van der Waals surface area contributed by atoms with Gasteiger partial charge in [-0.05, 0) is 37.1 Å². The predicted molar refractivity (Wildman–Crippen MR) is 118 cm³/mol. The minimum Gasteiger partial charge on any atom is -0.355 e. The van der Waals surface area contributed by atoms with Crippen molar-refractivity contribution in [3.05, 3.63) is 66.0 Å². The SMILES string of the molecule is CN=C(NCCS(=O)(=O)c1ccccc1F)NCC1CCCN1Cc1ccccc1. The van der Waals surface area contributed by atoms with Crippen molar-refractivity contribution >= 4 is 15.8 Å². The zero-order valence-corrected chi connectivity index (χ0v) is 18.0. The van der Waals surface area contributed by atoms with Crippen molar-refractivity contribution in [2.75, 3.05) is 32.4 Å². The van der Waals surface area contributed by atoms with Gasteiger partial charge in [-0.25, -0.2) is 12.8 Å². The molecule has 1 heterocycles. The lowest BCUT2D eigenvalue weighted by Crippen LogP contribution is -2.45. The lowest BCUT2D eigenvalue weighted by molar-refractivity contribution is 0.245. The number of aliphatic imine (C=N–C) groups is 1. The van der Waals surface area contributed by atoms with Crippen LogP contribution in [0.3, 0.4) is 0 Å². The van der Waals surface area contributed by atoms with E-state index >= 15 is 0 Å². The molecule has 2 aromatic rings. The summed E-state index contributed by atoms with van der Waals surface area (Å²) in [5, 5.41) is 6.31. The summed E-state index contributed by atoms with van der Waals surface area (Å²) in [5.41, 5.74) is 1.30. The summed E-state index contributed by atoms with van der Waals surface area (Å²) < 4.78 is 38.5. The number of nitrogens with zero attached hydrogens (tertiary/aromatic N) is 2. The van der Waals surface area contributed by atoms with Gasteiger partial charge in [0.05, 0.1) is 5.75 Å². The first-order chi connectivity index (χ1) is 14.5. The second-order valence-electron chi connectivity index (χ2n) is 7.38. The maximum absolute atomic E-state index is 13.8. The van der Waals surface area contributed by atoms with E-state index in [9.17, 15) is 12.8 Å². The second kappa shape index (κ2) is 10.5. The number of sulfone groups is 1. The van der Waals surface area contributed by atoms with Gasteiger partial charge in [-0.3, -0.25) is 9.89 Å². The van der Waals surface area contributed by atoms with E-state index in [-0.39, 0.29) is 17.2 Å². The van der Waals surface area contributed by atoms with Gasteiger partial charge in [-0.15, -0.1) is 0 Å². The largest absolute Gasteiger partial charge is 0.355 e. The number of hydrogen-bond acceptors (Lipinski definition) is 4. The molecule has 3 rings (SSSR count). The molecule has 1 aliphatic heterocycles. The first kappa shape index (κ1) is 22.2. The molecule has 1 saturated heterocycles. The standard InChI is InChI=1S/C22H29FN4O2S/c1-24-22(25-13-15-30(28,29)21-12-6-5-11-20(21)23)26-16-19-10-7-14-27(19)17-18-8-3-2-4-9-18/h2-6,8-9,11-12,19H,7,10,13-17H2,1H3,(H2,24,25,26). The highest BCUT2D eigenvalue weighted by molar-refractivity contribution is 7.91. The summed E-state index contributed by atoms with van der Waals surface area (Å²) in [4.78, 5) is 6.37. The van der Waals surface area contributed by atoms with Gasteiger partial charge >= 0.3 is 0 Å². The van der Waals surface area contributed by atoms with Crippen molar-refractivity contribution in [1.82, 2.24) is 15.5 Å². The van der Waals surface area contributed by atoms with Crippen LogP contribution in [-0.4, -0.2) is 57.8 Å². The number of nitrogens with one attached hydrogen (secondary N) is 2. The van der Waals surface area contributed by atoms with E-state index in [1.165, 1.54) is 23.8 Å². The van der Waals surface area contributed by atoms with Gasteiger partial charge in [0, 0.05) is 32.7 Å². The van der Waals surface area contributed by atoms with E-state index in [2.05, 4.69) is 44.8 Å². The molecule has 0 amide bonds. The molecule has 0 bridgehead atoms. The molecule has 0 radical (unpaired) electrons. The molecule has 0 aliphatic carbocycles. The van der Waals surface area contributed by atoms with Crippen LogP contribution in [0.2, 0.25) is 0 Å². The molecule has 1 fully saturated rings. The predicted octanol–water partition coefficient (Wildman–Crippen LogP) is 2.43. The molecular weight excluding hydrogens is 403 g/mol. The summed E-state index contributed by atoms with van der Waals surface area (Å²) in [5.74, 6) is -0.386. The van der Waals surface area contributed by atoms with Crippen LogP contribution < -0.4 is 10.6 Å². The van der Waals surface area contributed by atoms with Gasteiger partial charge in [0.25, 0.3) is 0 Å². The summed E-state index contributed by atoms with van der Waals surface area (Å²) >= 11 is 0. The fourth-order valence-electron chi connectivity index (χ4n) is 3.70. The van der Waals surface area contributed by atoms with E-state index in [0.29, 0.717) is 12.0 Å². The Morgan fingerprint density at radius 3 is 2.60 bits per heavy atom. The Balaban J connectivity index is 1.47. The van der Waals surface area contributed by atoms with Crippen LogP contribution in [0.25, 0.3) is 0 Å². The lowest BCUT2D eigenvalue weighted by Gasteiger charge is -2.25. The molecule has 8 heteroatoms. The highest BCUT2D eigenvalue weighted by Crippen LogP contribution is 2.19. The number of benzene rings is 2. The highest BCUT2D eigenvalue weighted by atomic mass is 32.2. The first-order valence-electron chi connectivity index (χ1n) is 10.2. The maximum Gasteiger partial charge on any atom is 0.191 e. The Morgan fingerprint density at radius 1 is 1.13 bits per heavy atom. The van der Waals surface area contributed by atoms with Crippen LogP contribution in [0.1, 0.15) is 18.4 Å². The summed E-state index contributed by atoms with van der Waals surface area (Å²) in [6, 6.07) is 16.2. The van der Waals surface area contributed by atoms with E-state index < -0.39 is 15.7 Å². The van der Waals surface area contributed by atoms with Crippen molar-refractivity contribution in [1.29, 1.82) is 0 Å². The van der Waals surface area contributed by atoms with Gasteiger partial charge in [0.2, 0.25) is 0 Å². The molecule has 6 nitrogen and oxygen atoms in total. The van der Waals surface area contributed by atoms with Crippen molar-refractivity contribution < 1.29 is 12.8 Å². The van der Waals surface area contributed by atoms with Crippen LogP contribution in [-0.2, 0) is 16.4 Å². The smallest absolute Gasteiger partial charge is 0.191 e. The van der Waals surface area contributed by atoms with Crippen LogP contribution in [0.4, 0.5) is 4.39 Å². The number of likely N-dealkylation sites (tertiary alicyclic amines) is 1. The molecule has 30 heavy (non-hydrogen) atoms. The van der Waals surface area contributed by atoms with Gasteiger partial charge in [-0.1, -0.05) is 42.5 Å². The molecule has 2 N–H and O–H groups in total. The number of hydrogen-bond donors (Lipinski definition) is 2. The topological polar surface area (TPSA) is 73.8 Å². The highest BCUT2D eigenvalue weighted by Gasteiger charge is 2.24. The van der Waals surface area contributed by atoms with Crippen LogP contribution >= 0.6 is 0 Å². The fourth-order valence-corrected chi connectivity index (χ4v) is 4.94. The summed E-state index contributed by atoms with van der Waals surface area (Å²) in [6.07, 6.45) is 2.27. The summed E-state index contributed by atoms with van der Waals surface area (Å²) in [6.45, 7) is 2.86. The second-order valence-corrected chi connectivity index (χ2v) is 9.46.